The summed E-state index contributed by atoms with van der Waals surface area (Å²) in [6.45, 7) is 1.75. The number of aromatic carboxylic acids is 1. The Labute approximate surface area is 119 Å². The van der Waals surface area contributed by atoms with Gasteiger partial charge in [0.05, 0.1) is 5.56 Å². The number of benzene rings is 2. The average molecular weight is 289 g/mol. The molecular weight excluding hydrogens is 277 g/mol. The Morgan fingerprint density at radius 2 is 1.86 bits per heavy atom. The number of ether oxygens (including phenoxy) is 1. The first-order chi connectivity index (χ1) is 9.88. The van der Waals surface area contributed by atoms with Crippen molar-refractivity contribution in [1.29, 1.82) is 0 Å². The summed E-state index contributed by atoms with van der Waals surface area (Å²) in [7, 11) is 0. The van der Waals surface area contributed by atoms with Gasteiger partial charge >= 0.3 is 5.97 Å². The summed E-state index contributed by atoms with van der Waals surface area (Å²) >= 11 is 0. The molecule has 0 spiro atoms. The van der Waals surface area contributed by atoms with Crippen molar-refractivity contribution in [2.45, 2.75) is 6.92 Å². The Bertz CT molecular complexity index is 728. The summed E-state index contributed by atoms with van der Waals surface area (Å²) in [6.07, 6.45) is 0. The van der Waals surface area contributed by atoms with Crippen LogP contribution in [0.2, 0.25) is 0 Å². The van der Waals surface area contributed by atoms with Gasteiger partial charge in [-0.15, -0.1) is 0 Å². The van der Waals surface area contributed by atoms with Gasteiger partial charge in [0, 0.05) is 6.07 Å². The van der Waals surface area contributed by atoms with E-state index in [2.05, 4.69) is 0 Å². The Morgan fingerprint density at radius 1 is 1.14 bits per heavy atom. The molecule has 2 aromatic rings. The summed E-state index contributed by atoms with van der Waals surface area (Å²) in [4.78, 5) is 22.1. The summed E-state index contributed by atoms with van der Waals surface area (Å²) in [5.41, 5.74) is 5.47. The van der Waals surface area contributed by atoms with Crippen LogP contribution in [-0.4, -0.2) is 17.0 Å². The SMILES string of the molecule is Cc1ccc(Oc2ccc(C(N)=O)c(F)c2)c(C(=O)O)c1. The molecule has 0 aliphatic carbocycles. The third kappa shape index (κ3) is 3.17. The lowest BCUT2D eigenvalue weighted by molar-refractivity contribution is 0.0694. The molecule has 6 heteroatoms. The van der Waals surface area contributed by atoms with E-state index in [9.17, 15) is 14.0 Å². The number of aryl methyl sites for hydroxylation is 1. The maximum atomic E-state index is 13.6. The minimum atomic E-state index is -1.15. The summed E-state index contributed by atoms with van der Waals surface area (Å²) in [6, 6.07) is 8.11. The largest absolute Gasteiger partial charge is 0.478 e. The van der Waals surface area contributed by atoms with Crippen LogP contribution in [0.25, 0.3) is 0 Å². The van der Waals surface area contributed by atoms with Crippen molar-refractivity contribution in [3.05, 3.63) is 58.9 Å². The molecule has 3 N–H and O–H groups in total. The number of carboxylic acids is 1. The smallest absolute Gasteiger partial charge is 0.339 e. The number of hydrogen-bond acceptors (Lipinski definition) is 3. The molecular formula is C15H12FNO4. The maximum absolute atomic E-state index is 13.6. The van der Waals surface area contributed by atoms with Crippen LogP contribution in [0.1, 0.15) is 26.3 Å². The van der Waals surface area contributed by atoms with Crippen LogP contribution < -0.4 is 10.5 Å². The van der Waals surface area contributed by atoms with Crippen LogP contribution in [0.3, 0.4) is 0 Å². The van der Waals surface area contributed by atoms with Crippen molar-refractivity contribution in [2.24, 2.45) is 5.73 Å². The first-order valence-corrected chi connectivity index (χ1v) is 5.99. The molecule has 0 aromatic heterocycles. The van der Waals surface area contributed by atoms with E-state index in [1.807, 2.05) is 0 Å². The average Bonchev–Trinajstić information content (AvgIpc) is 2.40. The fraction of sp³-hybridized carbons (Fsp3) is 0.0667. The van der Waals surface area contributed by atoms with E-state index in [1.165, 1.54) is 24.3 Å². The number of primary amides is 1. The summed E-state index contributed by atoms with van der Waals surface area (Å²) < 4.78 is 19.0. The second kappa shape index (κ2) is 5.62. The Morgan fingerprint density at radius 3 is 2.43 bits per heavy atom. The van der Waals surface area contributed by atoms with Crippen LogP contribution >= 0.6 is 0 Å². The second-order valence-electron chi connectivity index (χ2n) is 4.41. The lowest BCUT2D eigenvalue weighted by atomic mass is 10.1. The molecule has 0 fully saturated rings. The van der Waals surface area contributed by atoms with Gasteiger partial charge in [-0.2, -0.15) is 0 Å². The fourth-order valence-electron chi connectivity index (χ4n) is 1.79. The molecule has 0 radical (unpaired) electrons. The lowest BCUT2D eigenvalue weighted by Gasteiger charge is -2.10. The van der Waals surface area contributed by atoms with Crippen LogP contribution in [0.5, 0.6) is 11.5 Å². The van der Waals surface area contributed by atoms with E-state index in [4.69, 9.17) is 15.6 Å². The lowest BCUT2D eigenvalue weighted by Crippen LogP contribution is -2.12. The molecule has 0 saturated carbocycles. The van der Waals surface area contributed by atoms with E-state index >= 15 is 0 Å². The molecule has 0 heterocycles. The molecule has 5 nitrogen and oxygen atoms in total. The topological polar surface area (TPSA) is 89.6 Å². The van der Waals surface area contributed by atoms with Gasteiger partial charge in [-0.05, 0) is 31.2 Å². The van der Waals surface area contributed by atoms with E-state index in [1.54, 1.807) is 13.0 Å². The first-order valence-electron chi connectivity index (χ1n) is 5.99. The minimum Gasteiger partial charge on any atom is -0.478 e. The number of rotatable bonds is 4. The predicted octanol–water partition coefficient (Wildman–Crippen LogP) is 2.72. The quantitative estimate of drug-likeness (QED) is 0.905. The highest BCUT2D eigenvalue weighted by Gasteiger charge is 2.14. The normalized spacial score (nSPS) is 10.2. The van der Waals surface area contributed by atoms with Crippen molar-refractivity contribution in [3.63, 3.8) is 0 Å². The Kier molecular flexibility index (Phi) is 3.89. The third-order valence-electron chi connectivity index (χ3n) is 2.80. The van der Waals surface area contributed by atoms with Gasteiger partial charge in [0.1, 0.15) is 22.9 Å². The van der Waals surface area contributed by atoms with Crippen LogP contribution in [-0.2, 0) is 0 Å². The number of nitrogens with two attached hydrogens (primary N) is 1. The molecule has 21 heavy (non-hydrogen) atoms. The number of carbonyl (C=O) groups is 2. The van der Waals surface area contributed by atoms with E-state index in [-0.39, 0.29) is 22.6 Å². The van der Waals surface area contributed by atoms with Gasteiger partial charge in [-0.25, -0.2) is 9.18 Å². The van der Waals surface area contributed by atoms with E-state index < -0.39 is 17.7 Å². The van der Waals surface area contributed by atoms with Gasteiger partial charge in [0.25, 0.3) is 5.91 Å². The monoisotopic (exact) mass is 289 g/mol. The fourth-order valence-corrected chi connectivity index (χ4v) is 1.79. The molecule has 0 aliphatic rings. The molecule has 2 rings (SSSR count). The van der Waals surface area contributed by atoms with Crippen molar-refractivity contribution in [1.82, 2.24) is 0 Å². The van der Waals surface area contributed by atoms with Crippen LogP contribution in [0.4, 0.5) is 4.39 Å². The van der Waals surface area contributed by atoms with Crippen molar-refractivity contribution in [2.75, 3.05) is 0 Å². The zero-order valence-corrected chi connectivity index (χ0v) is 11.1. The van der Waals surface area contributed by atoms with Crippen molar-refractivity contribution >= 4 is 11.9 Å². The van der Waals surface area contributed by atoms with E-state index in [0.29, 0.717) is 0 Å². The van der Waals surface area contributed by atoms with Gasteiger partial charge in [0.15, 0.2) is 0 Å². The van der Waals surface area contributed by atoms with Crippen molar-refractivity contribution in [3.8, 4) is 11.5 Å². The highest BCUT2D eigenvalue weighted by atomic mass is 19.1. The zero-order valence-electron chi connectivity index (χ0n) is 11.1. The highest BCUT2D eigenvalue weighted by molar-refractivity contribution is 5.93. The molecule has 0 aliphatic heterocycles. The van der Waals surface area contributed by atoms with Gasteiger partial charge < -0.3 is 15.6 Å². The highest BCUT2D eigenvalue weighted by Crippen LogP contribution is 2.27. The number of hydrogen-bond donors (Lipinski definition) is 2. The molecule has 0 saturated heterocycles. The second-order valence-corrected chi connectivity index (χ2v) is 4.41. The number of carbonyl (C=O) groups excluding carboxylic acids is 1. The van der Waals surface area contributed by atoms with E-state index in [0.717, 1.165) is 11.6 Å². The molecule has 1 amide bonds. The van der Waals surface area contributed by atoms with Crippen LogP contribution in [0.15, 0.2) is 36.4 Å². The van der Waals surface area contributed by atoms with Gasteiger partial charge in [-0.3, -0.25) is 4.79 Å². The van der Waals surface area contributed by atoms with Crippen LogP contribution in [0, 0.1) is 12.7 Å². The molecule has 0 unspecified atom stereocenters. The molecule has 2 aromatic carbocycles. The summed E-state index contributed by atoms with van der Waals surface area (Å²) in [5.74, 6) is -2.71. The number of halogens is 1. The Balaban J connectivity index is 2.37. The third-order valence-corrected chi connectivity index (χ3v) is 2.80. The molecule has 0 atom stereocenters. The van der Waals surface area contributed by atoms with Gasteiger partial charge in [0.2, 0.25) is 0 Å². The predicted molar refractivity (Wildman–Crippen MR) is 73.1 cm³/mol. The standard InChI is InChI=1S/C15H12FNO4/c1-8-2-5-13(11(6-8)15(19)20)21-9-3-4-10(14(17)18)12(16)7-9/h2-7H,1H3,(H2,17,18)(H,19,20). The van der Waals surface area contributed by atoms with Crippen molar-refractivity contribution < 1.29 is 23.8 Å². The molecule has 0 bridgehead atoms. The number of carboxylic acid groups (broad SMARTS) is 1. The van der Waals surface area contributed by atoms with Gasteiger partial charge in [-0.1, -0.05) is 11.6 Å². The minimum absolute atomic E-state index is 0.0330. The zero-order chi connectivity index (χ0) is 15.6. The Hall–Kier alpha value is -2.89. The first kappa shape index (κ1) is 14.5. The maximum Gasteiger partial charge on any atom is 0.339 e. The summed E-state index contributed by atoms with van der Waals surface area (Å²) in [5, 5.41) is 9.12. The number of amides is 1. The molecule has 108 valence electrons.